The Morgan fingerprint density at radius 3 is 2.56 bits per heavy atom. The van der Waals surface area contributed by atoms with E-state index in [2.05, 4.69) is 36.0 Å². The summed E-state index contributed by atoms with van der Waals surface area (Å²) in [6.07, 6.45) is 3.87. The summed E-state index contributed by atoms with van der Waals surface area (Å²) in [6, 6.07) is 4.02. The molecule has 1 heterocycles. The van der Waals surface area contributed by atoms with Gasteiger partial charge in [0, 0.05) is 18.3 Å². The van der Waals surface area contributed by atoms with Crippen molar-refractivity contribution in [3.63, 3.8) is 0 Å². The van der Waals surface area contributed by atoms with Gasteiger partial charge < -0.3 is 24.8 Å². The van der Waals surface area contributed by atoms with Crippen LogP contribution in [-0.2, 0) is 6.61 Å². The molecule has 6 nitrogen and oxygen atoms in total. The van der Waals surface area contributed by atoms with Gasteiger partial charge in [-0.1, -0.05) is 13.8 Å². The van der Waals surface area contributed by atoms with Crippen LogP contribution < -0.4 is 14.8 Å². The van der Waals surface area contributed by atoms with Gasteiger partial charge in [0.2, 0.25) is 0 Å². The summed E-state index contributed by atoms with van der Waals surface area (Å²) in [7, 11) is 3.28. The maximum atomic E-state index is 9.76. The van der Waals surface area contributed by atoms with Crippen LogP contribution in [0.15, 0.2) is 18.3 Å². The fourth-order valence-corrected chi connectivity index (χ4v) is 3.45. The highest BCUT2D eigenvalue weighted by Gasteiger charge is 2.18. The van der Waals surface area contributed by atoms with Gasteiger partial charge in [-0.05, 0) is 51.0 Å². The molecule has 150 valence electrons. The molecule has 0 aliphatic heterocycles. The van der Waals surface area contributed by atoms with Crippen LogP contribution in [0, 0.1) is 0 Å². The highest BCUT2D eigenvalue weighted by Crippen LogP contribution is 2.41. The number of methoxy groups -OCH3 is 2. The van der Waals surface area contributed by atoms with Crippen LogP contribution in [0.2, 0.25) is 0 Å². The van der Waals surface area contributed by atoms with E-state index in [0.717, 1.165) is 49.1 Å². The van der Waals surface area contributed by atoms with E-state index in [0.29, 0.717) is 17.0 Å². The van der Waals surface area contributed by atoms with Gasteiger partial charge in [-0.2, -0.15) is 0 Å². The quantitative estimate of drug-likeness (QED) is 0.625. The first-order chi connectivity index (χ1) is 13.1. The number of aliphatic hydroxyl groups is 1. The van der Waals surface area contributed by atoms with E-state index in [1.807, 2.05) is 12.1 Å². The molecule has 0 fully saturated rings. The van der Waals surface area contributed by atoms with Crippen molar-refractivity contribution in [1.82, 2.24) is 9.88 Å². The molecule has 2 rings (SSSR count). The number of anilines is 1. The second kappa shape index (κ2) is 10.3. The molecule has 0 bridgehead atoms. The zero-order chi connectivity index (χ0) is 19.8. The monoisotopic (exact) mass is 375 g/mol. The molecule has 0 radical (unpaired) electrons. The maximum absolute atomic E-state index is 9.76. The molecular formula is C21H33N3O3. The van der Waals surface area contributed by atoms with Crippen LogP contribution in [-0.4, -0.2) is 54.9 Å². The van der Waals surface area contributed by atoms with Gasteiger partial charge in [-0.25, -0.2) is 0 Å². The van der Waals surface area contributed by atoms with Crippen LogP contribution in [0.25, 0.3) is 10.9 Å². The highest BCUT2D eigenvalue weighted by molar-refractivity contribution is 5.97. The summed E-state index contributed by atoms with van der Waals surface area (Å²) >= 11 is 0. The third kappa shape index (κ3) is 5.02. The molecular weight excluding hydrogens is 342 g/mol. The summed E-state index contributed by atoms with van der Waals surface area (Å²) in [5.74, 6) is 1.36. The number of hydrogen-bond acceptors (Lipinski definition) is 6. The lowest BCUT2D eigenvalue weighted by molar-refractivity contribution is 0.283. The molecule has 0 amide bonds. The smallest absolute Gasteiger partial charge is 0.151 e. The van der Waals surface area contributed by atoms with Crippen molar-refractivity contribution in [3.8, 4) is 11.5 Å². The zero-order valence-electron chi connectivity index (χ0n) is 17.2. The fourth-order valence-electron chi connectivity index (χ4n) is 3.45. The first-order valence-electron chi connectivity index (χ1n) is 9.71. The number of nitrogens with one attached hydrogen (secondary N) is 1. The van der Waals surface area contributed by atoms with E-state index in [1.54, 1.807) is 20.4 Å². The van der Waals surface area contributed by atoms with Gasteiger partial charge in [0.1, 0.15) is 11.3 Å². The van der Waals surface area contributed by atoms with Gasteiger partial charge in [0.25, 0.3) is 0 Å². The first kappa shape index (κ1) is 21.3. The number of pyridine rings is 1. The zero-order valence-corrected chi connectivity index (χ0v) is 17.2. The average Bonchev–Trinajstić information content (AvgIpc) is 2.70. The van der Waals surface area contributed by atoms with Crippen LogP contribution in [0.1, 0.15) is 39.2 Å². The van der Waals surface area contributed by atoms with E-state index in [4.69, 9.17) is 9.47 Å². The molecule has 1 aromatic carbocycles. The molecule has 1 unspecified atom stereocenters. The number of nitrogens with zero attached hydrogens (tertiary/aromatic N) is 2. The Bertz CT molecular complexity index is 732. The topological polar surface area (TPSA) is 66.9 Å². The minimum Gasteiger partial charge on any atom is -0.494 e. The van der Waals surface area contributed by atoms with Crippen LogP contribution >= 0.6 is 0 Å². The number of hydrogen-bond donors (Lipinski definition) is 2. The van der Waals surface area contributed by atoms with Crippen molar-refractivity contribution in [2.75, 3.05) is 39.2 Å². The molecule has 0 saturated carbocycles. The summed E-state index contributed by atoms with van der Waals surface area (Å²) < 4.78 is 11.2. The molecule has 0 aliphatic carbocycles. The minimum absolute atomic E-state index is 0.0819. The van der Waals surface area contributed by atoms with Gasteiger partial charge in [0.05, 0.1) is 31.9 Å². The fraction of sp³-hybridized carbons (Fsp3) is 0.571. The Morgan fingerprint density at radius 2 is 1.96 bits per heavy atom. The van der Waals surface area contributed by atoms with E-state index < -0.39 is 0 Å². The van der Waals surface area contributed by atoms with Crippen molar-refractivity contribution in [1.29, 1.82) is 0 Å². The largest absolute Gasteiger partial charge is 0.494 e. The van der Waals surface area contributed by atoms with E-state index >= 15 is 0 Å². The number of benzene rings is 1. The molecule has 0 spiro atoms. The van der Waals surface area contributed by atoms with Crippen molar-refractivity contribution in [3.05, 3.63) is 23.9 Å². The molecule has 0 saturated heterocycles. The van der Waals surface area contributed by atoms with Gasteiger partial charge in [-0.3, -0.25) is 4.98 Å². The Hall–Kier alpha value is -2.05. The minimum atomic E-state index is -0.0819. The van der Waals surface area contributed by atoms with E-state index in [-0.39, 0.29) is 12.6 Å². The average molecular weight is 376 g/mol. The lowest BCUT2D eigenvalue weighted by atomic mass is 10.1. The molecule has 2 aromatic rings. The number of aliphatic hydroxyl groups excluding tert-OH is 1. The van der Waals surface area contributed by atoms with Gasteiger partial charge >= 0.3 is 0 Å². The Balaban J connectivity index is 2.27. The van der Waals surface area contributed by atoms with Crippen LogP contribution in [0.4, 0.5) is 5.69 Å². The molecule has 1 aromatic heterocycles. The second-order valence-electron chi connectivity index (χ2n) is 6.73. The Kier molecular flexibility index (Phi) is 8.13. The molecule has 6 heteroatoms. The number of aromatic nitrogens is 1. The highest BCUT2D eigenvalue weighted by atomic mass is 16.5. The van der Waals surface area contributed by atoms with Crippen molar-refractivity contribution in [2.24, 2.45) is 0 Å². The van der Waals surface area contributed by atoms with E-state index in [9.17, 15) is 5.11 Å². The van der Waals surface area contributed by atoms with Crippen molar-refractivity contribution < 1.29 is 14.6 Å². The summed E-state index contributed by atoms with van der Waals surface area (Å²) in [6.45, 7) is 9.77. The lowest BCUT2D eigenvalue weighted by Gasteiger charge is -2.22. The Morgan fingerprint density at radius 1 is 1.22 bits per heavy atom. The van der Waals surface area contributed by atoms with Crippen molar-refractivity contribution in [2.45, 2.75) is 46.3 Å². The van der Waals surface area contributed by atoms with E-state index in [1.165, 1.54) is 0 Å². The molecule has 27 heavy (non-hydrogen) atoms. The second-order valence-corrected chi connectivity index (χ2v) is 6.73. The maximum Gasteiger partial charge on any atom is 0.151 e. The number of rotatable bonds is 11. The first-order valence-corrected chi connectivity index (χ1v) is 9.71. The number of ether oxygens (including phenoxy) is 2. The molecule has 1 atom stereocenters. The van der Waals surface area contributed by atoms with Crippen LogP contribution in [0.3, 0.4) is 0 Å². The predicted octanol–water partition coefficient (Wildman–Crippen LogP) is 3.67. The summed E-state index contributed by atoms with van der Waals surface area (Å²) in [5.41, 5.74) is 2.33. The third-order valence-electron chi connectivity index (χ3n) is 5.02. The molecule has 2 N–H and O–H groups in total. The normalized spacial score (nSPS) is 12.4. The SMILES string of the molecule is CCN(CC)CCCC(C)Nc1cc(OC)c2nccc(CO)c2c1OC. The molecule has 0 aliphatic rings. The van der Waals surface area contributed by atoms with Crippen LogP contribution in [0.5, 0.6) is 11.5 Å². The number of fused-ring (bicyclic) bond motifs is 1. The van der Waals surface area contributed by atoms with Gasteiger partial charge in [-0.15, -0.1) is 0 Å². The summed E-state index contributed by atoms with van der Waals surface area (Å²) in [4.78, 5) is 6.86. The third-order valence-corrected chi connectivity index (χ3v) is 5.02. The lowest BCUT2D eigenvalue weighted by Crippen LogP contribution is -2.25. The van der Waals surface area contributed by atoms with Crippen molar-refractivity contribution >= 4 is 16.6 Å². The summed E-state index contributed by atoms with van der Waals surface area (Å²) in [5, 5.41) is 14.1. The van der Waals surface area contributed by atoms with Gasteiger partial charge in [0.15, 0.2) is 5.75 Å². The predicted molar refractivity (Wildman–Crippen MR) is 111 cm³/mol. The standard InChI is InChI=1S/C21H33N3O3/c1-6-24(7-2)12-8-9-15(3)23-17-13-18(26-4)20-19(21(17)27-5)16(14-25)10-11-22-20/h10-11,13,15,23,25H,6-9,12,14H2,1-5H3. The Labute approximate surface area is 162 Å².